The Kier molecular flexibility index (Phi) is 6.83. The second-order valence-corrected chi connectivity index (χ2v) is 9.70. The molecular formula is C28H28F3N5O2. The second kappa shape index (κ2) is 10.1. The molecule has 0 unspecified atom stereocenters. The minimum atomic E-state index is -4.76. The van der Waals surface area contributed by atoms with Crippen molar-refractivity contribution in [3.63, 3.8) is 0 Å². The Morgan fingerprint density at radius 3 is 2.26 bits per heavy atom. The minimum absolute atomic E-state index is 0.0491. The number of carbonyl (C=O) groups excluding carboxylic acids is 1. The van der Waals surface area contributed by atoms with Crippen molar-refractivity contribution in [1.29, 1.82) is 0 Å². The number of nitrogens with zero attached hydrogens (tertiary/aromatic N) is 4. The lowest BCUT2D eigenvalue weighted by Gasteiger charge is -2.35. The van der Waals surface area contributed by atoms with E-state index in [4.69, 9.17) is 0 Å². The van der Waals surface area contributed by atoms with E-state index in [1.807, 2.05) is 6.92 Å². The van der Waals surface area contributed by atoms with Crippen LogP contribution in [0.5, 0.6) is 0 Å². The molecule has 0 spiro atoms. The van der Waals surface area contributed by atoms with Gasteiger partial charge in [0.25, 0.3) is 5.56 Å². The standard InChI is InChI=1S/C28H28F3N5O2/c1-18-8-10-20(11-9-18)17-34-12-14-35(15-13-34)23(37)16-22-19(2)32-26-24(21-6-4-3-5-7-21)25(28(29,30)31)33-36(26)27(22)38/h3-11,32H,12-17H2,1-2H3. The highest BCUT2D eigenvalue weighted by molar-refractivity contribution is 5.82. The molecule has 0 atom stereocenters. The van der Waals surface area contributed by atoms with Crippen LogP contribution >= 0.6 is 0 Å². The van der Waals surface area contributed by atoms with E-state index in [0.717, 1.165) is 11.1 Å². The number of benzene rings is 2. The summed E-state index contributed by atoms with van der Waals surface area (Å²) < 4.78 is 42.4. The fourth-order valence-corrected chi connectivity index (χ4v) is 4.88. The van der Waals surface area contributed by atoms with Crippen molar-refractivity contribution in [2.24, 2.45) is 0 Å². The molecule has 1 aliphatic rings. The Morgan fingerprint density at radius 2 is 1.63 bits per heavy atom. The number of halogens is 3. The number of carbonyl (C=O) groups is 1. The summed E-state index contributed by atoms with van der Waals surface area (Å²) in [4.78, 5) is 33.3. The van der Waals surface area contributed by atoms with Crippen molar-refractivity contribution >= 4 is 11.6 Å². The van der Waals surface area contributed by atoms with Gasteiger partial charge in [-0.2, -0.15) is 22.8 Å². The van der Waals surface area contributed by atoms with Crippen LogP contribution in [0.15, 0.2) is 59.4 Å². The van der Waals surface area contributed by atoms with E-state index in [2.05, 4.69) is 39.2 Å². The van der Waals surface area contributed by atoms with Crippen LogP contribution in [0, 0.1) is 13.8 Å². The molecule has 1 amide bonds. The Balaban J connectivity index is 1.37. The second-order valence-electron chi connectivity index (χ2n) is 9.70. The minimum Gasteiger partial charge on any atom is -0.343 e. The molecule has 5 rings (SSSR count). The van der Waals surface area contributed by atoms with E-state index in [1.54, 1.807) is 30.0 Å². The fourth-order valence-electron chi connectivity index (χ4n) is 4.88. The molecule has 3 heterocycles. The van der Waals surface area contributed by atoms with Crippen molar-refractivity contribution in [2.75, 3.05) is 26.2 Å². The maximum Gasteiger partial charge on any atom is 0.435 e. The van der Waals surface area contributed by atoms with Crippen molar-refractivity contribution < 1.29 is 18.0 Å². The van der Waals surface area contributed by atoms with Crippen LogP contribution in [-0.4, -0.2) is 56.5 Å². The van der Waals surface area contributed by atoms with Gasteiger partial charge in [-0.25, -0.2) is 0 Å². The summed E-state index contributed by atoms with van der Waals surface area (Å²) in [5, 5.41) is 3.65. The molecule has 0 saturated carbocycles. The average molecular weight is 524 g/mol. The maximum atomic E-state index is 13.9. The zero-order chi connectivity index (χ0) is 27.0. The molecule has 2 aromatic heterocycles. The SMILES string of the molecule is Cc1ccc(CN2CCN(C(=O)Cc3c(C)[nH]c4c(-c5ccccc5)c(C(F)(F)F)nn4c3=O)CC2)cc1. The predicted octanol–water partition coefficient (Wildman–Crippen LogP) is 4.21. The van der Waals surface area contributed by atoms with Crippen LogP contribution in [0.2, 0.25) is 0 Å². The summed E-state index contributed by atoms with van der Waals surface area (Å²) in [7, 11) is 0. The van der Waals surface area contributed by atoms with Gasteiger partial charge in [0.1, 0.15) is 5.65 Å². The van der Waals surface area contributed by atoms with E-state index in [-0.39, 0.29) is 34.7 Å². The number of alkyl halides is 3. The quantitative estimate of drug-likeness (QED) is 0.425. The van der Waals surface area contributed by atoms with Crippen LogP contribution < -0.4 is 5.56 Å². The van der Waals surface area contributed by atoms with Crippen molar-refractivity contribution in [3.05, 3.63) is 93.0 Å². The Labute approximate surface area is 217 Å². The lowest BCUT2D eigenvalue weighted by atomic mass is 10.1. The van der Waals surface area contributed by atoms with Gasteiger partial charge >= 0.3 is 6.18 Å². The van der Waals surface area contributed by atoms with Gasteiger partial charge in [-0.15, -0.1) is 0 Å². The molecule has 1 aliphatic heterocycles. The van der Waals surface area contributed by atoms with Gasteiger partial charge in [0.05, 0.1) is 12.0 Å². The topological polar surface area (TPSA) is 73.7 Å². The number of fused-ring (bicyclic) bond motifs is 1. The van der Waals surface area contributed by atoms with Gasteiger partial charge in [0.2, 0.25) is 5.91 Å². The summed E-state index contributed by atoms with van der Waals surface area (Å²) in [5.74, 6) is -0.237. The Hall–Kier alpha value is -3.92. The Bertz CT molecular complexity index is 1520. The maximum absolute atomic E-state index is 13.9. The first-order chi connectivity index (χ1) is 18.1. The molecule has 2 aromatic carbocycles. The smallest absolute Gasteiger partial charge is 0.343 e. The molecule has 1 N–H and O–H groups in total. The van der Waals surface area contributed by atoms with Gasteiger partial charge in [-0.1, -0.05) is 60.2 Å². The number of hydrogen-bond donors (Lipinski definition) is 1. The number of aromatic amines is 1. The number of aryl methyl sites for hydroxylation is 2. The number of nitrogens with one attached hydrogen (secondary N) is 1. The van der Waals surface area contributed by atoms with E-state index >= 15 is 0 Å². The lowest BCUT2D eigenvalue weighted by Crippen LogP contribution is -2.49. The number of piperazine rings is 1. The van der Waals surface area contributed by atoms with Crippen LogP contribution in [-0.2, 0) is 23.9 Å². The number of H-pyrrole nitrogens is 1. The predicted molar refractivity (Wildman–Crippen MR) is 138 cm³/mol. The van der Waals surface area contributed by atoms with Gasteiger partial charge < -0.3 is 9.88 Å². The summed E-state index contributed by atoms with van der Waals surface area (Å²) in [6.07, 6.45) is -4.98. The highest BCUT2D eigenvalue weighted by Crippen LogP contribution is 2.38. The van der Waals surface area contributed by atoms with Gasteiger partial charge in [0, 0.05) is 44.0 Å². The molecule has 4 aromatic rings. The van der Waals surface area contributed by atoms with Gasteiger partial charge in [-0.3, -0.25) is 14.5 Å². The summed E-state index contributed by atoms with van der Waals surface area (Å²) in [6, 6.07) is 16.4. The average Bonchev–Trinajstić information content (AvgIpc) is 3.29. The lowest BCUT2D eigenvalue weighted by molar-refractivity contribution is -0.140. The van der Waals surface area contributed by atoms with Gasteiger partial charge in [-0.05, 0) is 25.0 Å². The van der Waals surface area contributed by atoms with Crippen molar-refractivity contribution in [1.82, 2.24) is 24.4 Å². The van der Waals surface area contributed by atoms with Crippen molar-refractivity contribution in [2.45, 2.75) is 33.0 Å². The number of rotatable bonds is 5. The van der Waals surface area contributed by atoms with E-state index < -0.39 is 17.4 Å². The largest absolute Gasteiger partial charge is 0.435 e. The first kappa shape index (κ1) is 25.7. The normalized spacial score (nSPS) is 14.8. The monoisotopic (exact) mass is 523 g/mol. The third kappa shape index (κ3) is 5.08. The van der Waals surface area contributed by atoms with Crippen molar-refractivity contribution in [3.8, 4) is 11.1 Å². The van der Waals surface area contributed by atoms with Crippen LogP contribution in [0.4, 0.5) is 13.2 Å². The molecule has 0 aliphatic carbocycles. The third-order valence-corrected chi connectivity index (χ3v) is 7.01. The van der Waals surface area contributed by atoms with Crippen LogP contribution in [0.1, 0.15) is 28.1 Å². The third-order valence-electron chi connectivity index (χ3n) is 7.01. The molecular weight excluding hydrogens is 495 g/mol. The molecule has 0 bridgehead atoms. The molecule has 38 heavy (non-hydrogen) atoms. The number of hydrogen-bond acceptors (Lipinski definition) is 4. The van der Waals surface area contributed by atoms with E-state index in [0.29, 0.717) is 31.9 Å². The fraction of sp³-hybridized carbons (Fsp3) is 0.321. The highest BCUT2D eigenvalue weighted by Gasteiger charge is 2.39. The molecule has 10 heteroatoms. The first-order valence-corrected chi connectivity index (χ1v) is 12.4. The first-order valence-electron chi connectivity index (χ1n) is 12.4. The molecule has 1 fully saturated rings. The highest BCUT2D eigenvalue weighted by atomic mass is 19.4. The van der Waals surface area contributed by atoms with Gasteiger partial charge in [0.15, 0.2) is 5.69 Å². The van der Waals surface area contributed by atoms with E-state index in [1.165, 1.54) is 23.3 Å². The molecule has 1 saturated heterocycles. The summed E-state index contributed by atoms with van der Waals surface area (Å²) >= 11 is 0. The number of aromatic nitrogens is 3. The molecule has 198 valence electrons. The Morgan fingerprint density at radius 1 is 0.974 bits per heavy atom. The number of amides is 1. The summed E-state index contributed by atoms with van der Waals surface area (Å²) in [5.41, 5.74) is 1.04. The summed E-state index contributed by atoms with van der Waals surface area (Å²) in [6.45, 7) is 6.86. The molecule has 7 nitrogen and oxygen atoms in total. The molecule has 0 radical (unpaired) electrons. The van der Waals surface area contributed by atoms with Crippen LogP contribution in [0.25, 0.3) is 16.8 Å². The zero-order valence-electron chi connectivity index (χ0n) is 21.2. The van der Waals surface area contributed by atoms with Crippen LogP contribution in [0.3, 0.4) is 0 Å². The van der Waals surface area contributed by atoms with E-state index in [9.17, 15) is 22.8 Å². The zero-order valence-corrected chi connectivity index (χ0v) is 21.2.